The maximum atomic E-state index is 12.2. The average molecular weight is 302 g/mol. The van der Waals surface area contributed by atoms with E-state index in [9.17, 15) is 9.59 Å². The summed E-state index contributed by atoms with van der Waals surface area (Å²) < 4.78 is 0. The number of anilines is 1. The van der Waals surface area contributed by atoms with Crippen molar-refractivity contribution in [2.24, 2.45) is 0 Å². The Hall–Kier alpha value is -2.37. The van der Waals surface area contributed by atoms with Crippen molar-refractivity contribution in [2.45, 2.75) is 18.9 Å². The zero-order valence-corrected chi connectivity index (χ0v) is 13.1. The highest BCUT2D eigenvalue weighted by atomic mass is 16.2. The summed E-state index contributed by atoms with van der Waals surface area (Å²) in [6, 6.07) is 3.36. The first-order valence-corrected chi connectivity index (χ1v) is 7.37. The van der Waals surface area contributed by atoms with Gasteiger partial charge in [0.05, 0.1) is 5.56 Å². The van der Waals surface area contributed by atoms with Gasteiger partial charge in [-0.1, -0.05) is 6.08 Å². The molecule has 0 unspecified atom stereocenters. The number of hydrogen-bond acceptors (Lipinski definition) is 4. The Morgan fingerprint density at radius 2 is 2.27 bits per heavy atom. The van der Waals surface area contributed by atoms with Crippen molar-refractivity contribution in [1.82, 2.24) is 15.2 Å². The SMILES string of the molecule is C=CCNC(=O)c1ccc(N2CCC[C@H]2C(=O)N(C)C)nc1. The molecular formula is C16H22N4O2. The van der Waals surface area contributed by atoms with Gasteiger partial charge in [-0.2, -0.15) is 0 Å². The van der Waals surface area contributed by atoms with Gasteiger partial charge in [-0.25, -0.2) is 4.98 Å². The highest BCUT2D eigenvalue weighted by molar-refractivity contribution is 5.94. The van der Waals surface area contributed by atoms with E-state index in [0.29, 0.717) is 12.1 Å². The summed E-state index contributed by atoms with van der Waals surface area (Å²) in [6.07, 6.45) is 4.97. The molecular weight excluding hydrogens is 280 g/mol. The first-order chi connectivity index (χ1) is 10.5. The molecule has 0 bridgehead atoms. The van der Waals surface area contributed by atoms with E-state index in [4.69, 9.17) is 0 Å². The van der Waals surface area contributed by atoms with E-state index in [1.54, 1.807) is 43.4 Å². The van der Waals surface area contributed by atoms with E-state index in [1.807, 2.05) is 4.90 Å². The van der Waals surface area contributed by atoms with Gasteiger partial charge in [-0.3, -0.25) is 9.59 Å². The van der Waals surface area contributed by atoms with Crippen LogP contribution in [0.2, 0.25) is 0 Å². The smallest absolute Gasteiger partial charge is 0.253 e. The molecule has 1 fully saturated rings. The van der Waals surface area contributed by atoms with Crippen molar-refractivity contribution in [3.63, 3.8) is 0 Å². The van der Waals surface area contributed by atoms with Crippen LogP contribution in [0.5, 0.6) is 0 Å². The number of nitrogens with zero attached hydrogens (tertiary/aromatic N) is 3. The molecule has 1 aliphatic heterocycles. The Balaban J connectivity index is 2.11. The summed E-state index contributed by atoms with van der Waals surface area (Å²) in [6.45, 7) is 4.79. The van der Waals surface area contributed by atoms with Gasteiger partial charge in [0.25, 0.3) is 5.91 Å². The molecule has 0 saturated carbocycles. The molecule has 1 aliphatic rings. The van der Waals surface area contributed by atoms with Crippen molar-refractivity contribution < 1.29 is 9.59 Å². The van der Waals surface area contributed by atoms with Crippen LogP contribution in [0.25, 0.3) is 0 Å². The molecule has 0 aliphatic carbocycles. The molecule has 118 valence electrons. The Morgan fingerprint density at radius 1 is 1.50 bits per heavy atom. The molecule has 1 aromatic rings. The maximum absolute atomic E-state index is 12.2. The number of rotatable bonds is 5. The molecule has 2 amide bonds. The minimum Gasteiger partial charge on any atom is -0.349 e. The summed E-state index contributed by atoms with van der Waals surface area (Å²) in [7, 11) is 3.53. The van der Waals surface area contributed by atoms with Gasteiger partial charge < -0.3 is 15.1 Å². The molecule has 6 heteroatoms. The Bertz CT molecular complexity index is 554. The van der Waals surface area contributed by atoms with Gasteiger partial charge in [0.15, 0.2) is 0 Å². The second kappa shape index (κ2) is 7.06. The van der Waals surface area contributed by atoms with E-state index < -0.39 is 0 Å². The third kappa shape index (κ3) is 3.44. The molecule has 1 atom stereocenters. The van der Waals surface area contributed by atoms with Gasteiger partial charge in [0.2, 0.25) is 5.91 Å². The van der Waals surface area contributed by atoms with E-state index in [-0.39, 0.29) is 17.9 Å². The monoisotopic (exact) mass is 302 g/mol. The summed E-state index contributed by atoms with van der Waals surface area (Å²) in [5.41, 5.74) is 0.500. The van der Waals surface area contributed by atoms with Crippen LogP contribution in [-0.4, -0.2) is 54.9 Å². The lowest BCUT2D eigenvalue weighted by Gasteiger charge is -2.27. The molecule has 2 heterocycles. The normalized spacial score (nSPS) is 17.2. The number of carbonyl (C=O) groups excluding carboxylic acids is 2. The number of aromatic nitrogens is 1. The predicted molar refractivity (Wildman–Crippen MR) is 85.8 cm³/mol. The summed E-state index contributed by atoms with van der Waals surface area (Å²) in [5.74, 6) is 0.645. The molecule has 6 nitrogen and oxygen atoms in total. The summed E-state index contributed by atoms with van der Waals surface area (Å²) >= 11 is 0. The first-order valence-electron chi connectivity index (χ1n) is 7.37. The molecule has 1 saturated heterocycles. The van der Waals surface area contributed by atoms with E-state index in [1.165, 1.54) is 0 Å². The van der Waals surface area contributed by atoms with Crippen molar-refractivity contribution in [3.8, 4) is 0 Å². The fourth-order valence-electron chi connectivity index (χ4n) is 2.55. The van der Waals surface area contributed by atoms with Crippen LogP contribution in [-0.2, 0) is 4.79 Å². The van der Waals surface area contributed by atoms with Crippen LogP contribution in [0.4, 0.5) is 5.82 Å². The molecule has 0 aromatic carbocycles. The van der Waals surface area contributed by atoms with Gasteiger partial charge in [0, 0.05) is 33.4 Å². The minimum absolute atomic E-state index is 0.0899. The van der Waals surface area contributed by atoms with Crippen LogP contribution in [0.3, 0.4) is 0 Å². The van der Waals surface area contributed by atoms with Gasteiger partial charge in [-0.15, -0.1) is 6.58 Å². The minimum atomic E-state index is -0.179. The first kappa shape index (κ1) is 16.0. The van der Waals surface area contributed by atoms with Crippen molar-refractivity contribution in [2.75, 3.05) is 32.1 Å². The lowest BCUT2D eigenvalue weighted by atomic mass is 10.2. The zero-order valence-electron chi connectivity index (χ0n) is 13.1. The topological polar surface area (TPSA) is 65.5 Å². The van der Waals surface area contributed by atoms with Crippen molar-refractivity contribution in [3.05, 3.63) is 36.5 Å². The maximum Gasteiger partial charge on any atom is 0.253 e. The van der Waals surface area contributed by atoms with Crippen LogP contribution in [0.1, 0.15) is 23.2 Å². The number of pyridine rings is 1. The largest absolute Gasteiger partial charge is 0.349 e. The Kier molecular flexibility index (Phi) is 5.14. The Labute approximate surface area is 130 Å². The Morgan fingerprint density at radius 3 is 2.86 bits per heavy atom. The van der Waals surface area contributed by atoms with Crippen LogP contribution < -0.4 is 10.2 Å². The second-order valence-corrected chi connectivity index (χ2v) is 5.49. The van der Waals surface area contributed by atoms with Crippen LogP contribution in [0, 0.1) is 0 Å². The quantitative estimate of drug-likeness (QED) is 0.826. The molecule has 1 N–H and O–H groups in total. The average Bonchev–Trinajstić information content (AvgIpc) is 3.01. The molecule has 2 rings (SSSR count). The molecule has 1 aromatic heterocycles. The zero-order chi connectivity index (χ0) is 16.1. The predicted octanol–water partition coefficient (Wildman–Crippen LogP) is 1.05. The van der Waals surface area contributed by atoms with Crippen molar-refractivity contribution in [1.29, 1.82) is 0 Å². The van der Waals surface area contributed by atoms with E-state index >= 15 is 0 Å². The lowest BCUT2D eigenvalue weighted by Crippen LogP contribution is -2.43. The summed E-state index contributed by atoms with van der Waals surface area (Å²) in [5, 5.41) is 2.71. The number of likely N-dealkylation sites (N-methyl/N-ethyl adjacent to an activating group) is 1. The standard InChI is InChI=1S/C16H22N4O2/c1-4-9-17-15(21)12-7-8-14(18-11-12)20-10-5-6-13(20)16(22)19(2)3/h4,7-8,11,13H,1,5-6,9-10H2,2-3H3,(H,17,21)/t13-/m0/s1. The van der Waals surface area contributed by atoms with Crippen molar-refractivity contribution >= 4 is 17.6 Å². The van der Waals surface area contributed by atoms with Crippen LogP contribution >= 0.6 is 0 Å². The third-order valence-corrected chi connectivity index (χ3v) is 3.69. The second-order valence-electron chi connectivity index (χ2n) is 5.49. The molecule has 22 heavy (non-hydrogen) atoms. The number of hydrogen-bond donors (Lipinski definition) is 1. The van der Waals surface area contributed by atoms with Gasteiger partial charge in [0.1, 0.15) is 11.9 Å². The number of amides is 2. The third-order valence-electron chi connectivity index (χ3n) is 3.69. The molecule has 0 radical (unpaired) electrons. The fraction of sp³-hybridized carbons (Fsp3) is 0.438. The summed E-state index contributed by atoms with van der Waals surface area (Å²) in [4.78, 5) is 32.0. The van der Waals surface area contributed by atoms with E-state index in [2.05, 4.69) is 16.9 Å². The fourth-order valence-corrected chi connectivity index (χ4v) is 2.55. The lowest BCUT2D eigenvalue weighted by molar-refractivity contribution is -0.129. The van der Waals surface area contributed by atoms with E-state index in [0.717, 1.165) is 25.2 Å². The highest BCUT2D eigenvalue weighted by Gasteiger charge is 2.32. The van der Waals surface area contributed by atoms with Gasteiger partial charge in [-0.05, 0) is 25.0 Å². The number of carbonyl (C=O) groups is 2. The van der Waals surface area contributed by atoms with Gasteiger partial charge >= 0.3 is 0 Å². The highest BCUT2D eigenvalue weighted by Crippen LogP contribution is 2.24. The van der Waals surface area contributed by atoms with Crippen LogP contribution in [0.15, 0.2) is 31.0 Å². The molecule has 0 spiro atoms. The number of nitrogens with one attached hydrogen (secondary N) is 1.